The molecule has 0 aliphatic rings. The Balaban J connectivity index is 5.35. The summed E-state index contributed by atoms with van der Waals surface area (Å²) in [6.45, 7) is 6.17. The van der Waals surface area contributed by atoms with Crippen LogP contribution >= 0.6 is 0 Å². The zero-order valence-corrected chi connectivity index (χ0v) is 14.4. The fourth-order valence-electron chi connectivity index (χ4n) is 1.54. The van der Waals surface area contributed by atoms with Gasteiger partial charge in [0.15, 0.2) is 5.41 Å². The Morgan fingerprint density at radius 1 is 1.04 bits per heavy atom. The standard InChI is InChI=1S/C16H24O8/c1-5-8-16(4,14(19)20)15(21)24-11(12(17)22-9-6-2)13(18)23-10-7-3/h5,8,11H,6-7,9-10H2,1-4H3,(H,19,20). The number of rotatable bonds is 10. The Morgan fingerprint density at radius 3 is 1.83 bits per heavy atom. The highest BCUT2D eigenvalue weighted by Crippen LogP contribution is 2.22. The average Bonchev–Trinajstić information content (AvgIpc) is 2.54. The molecule has 0 saturated heterocycles. The zero-order chi connectivity index (χ0) is 18.8. The molecule has 0 aromatic heterocycles. The molecule has 0 heterocycles. The molecule has 0 aromatic carbocycles. The Morgan fingerprint density at radius 2 is 1.50 bits per heavy atom. The van der Waals surface area contributed by atoms with Crippen LogP contribution in [0.3, 0.4) is 0 Å². The molecular weight excluding hydrogens is 320 g/mol. The Hall–Kier alpha value is -2.38. The number of carbonyl (C=O) groups excluding carboxylic acids is 3. The molecule has 0 spiro atoms. The molecule has 8 heteroatoms. The van der Waals surface area contributed by atoms with Crippen LogP contribution in [0.5, 0.6) is 0 Å². The quantitative estimate of drug-likeness (QED) is 0.274. The van der Waals surface area contributed by atoms with Gasteiger partial charge in [0, 0.05) is 0 Å². The van der Waals surface area contributed by atoms with E-state index in [9.17, 15) is 24.3 Å². The van der Waals surface area contributed by atoms with Crippen molar-refractivity contribution in [3.8, 4) is 0 Å². The van der Waals surface area contributed by atoms with Gasteiger partial charge < -0.3 is 19.3 Å². The minimum atomic E-state index is -2.04. The summed E-state index contributed by atoms with van der Waals surface area (Å²) in [4.78, 5) is 47.4. The maximum Gasteiger partial charge on any atom is 0.359 e. The van der Waals surface area contributed by atoms with Gasteiger partial charge in [-0.15, -0.1) is 0 Å². The maximum atomic E-state index is 12.2. The highest BCUT2D eigenvalue weighted by atomic mass is 16.6. The Kier molecular flexibility index (Phi) is 9.37. The van der Waals surface area contributed by atoms with Crippen molar-refractivity contribution in [3.63, 3.8) is 0 Å². The molecule has 1 N–H and O–H groups in total. The van der Waals surface area contributed by atoms with Gasteiger partial charge in [0.2, 0.25) is 0 Å². The van der Waals surface area contributed by atoms with Crippen molar-refractivity contribution in [2.24, 2.45) is 5.41 Å². The van der Waals surface area contributed by atoms with E-state index in [2.05, 4.69) is 0 Å². The lowest BCUT2D eigenvalue weighted by Gasteiger charge is -2.22. The predicted octanol–water partition coefficient (Wildman–Crippen LogP) is 1.47. The molecule has 0 bridgehead atoms. The third-order valence-electron chi connectivity index (χ3n) is 2.92. The number of carbonyl (C=O) groups is 4. The summed E-state index contributed by atoms with van der Waals surface area (Å²) < 4.78 is 14.4. The van der Waals surface area contributed by atoms with E-state index in [0.717, 1.165) is 13.0 Å². The van der Waals surface area contributed by atoms with Crippen LogP contribution in [0, 0.1) is 5.41 Å². The van der Waals surface area contributed by atoms with Gasteiger partial charge in [-0.2, -0.15) is 0 Å². The summed E-state index contributed by atoms with van der Waals surface area (Å²) in [5.41, 5.74) is -2.04. The molecule has 0 fully saturated rings. The first-order chi connectivity index (χ1) is 11.2. The highest BCUT2D eigenvalue weighted by Gasteiger charge is 2.45. The van der Waals surface area contributed by atoms with Crippen molar-refractivity contribution in [2.45, 2.75) is 46.6 Å². The van der Waals surface area contributed by atoms with E-state index in [1.54, 1.807) is 13.8 Å². The number of allylic oxidation sites excluding steroid dienone is 1. The normalized spacial score (nSPS) is 13.4. The molecule has 0 radical (unpaired) electrons. The van der Waals surface area contributed by atoms with E-state index in [1.807, 2.05) is 0 Å². The number of esters is 3. The Bertz CT molecular complexity index is 476. The van der Waals surface area contributed by atoms with Crippen LogP contribution in [-0.2, 0) is 33.4 Å². The summed E-state index contributed by atoms with van der Waals surface area (Å²) in [6.07, 6.45) is 1.50. The lowest BCUT2D eigenvalue weighted by Crippen LogP contribution is -2.44. The number of aliphatic carboxylic acids is 1. The van der Waals surface area contributed by atoms with Crippen molar-refractivity contribution in [1.82, 2.24) is 0 Å². The van der Waals surface area contributed by atoms with Crippen LogP contribution in [0.4, 0.5) is 0 Å². The predicted molar refractivity (Wildman–Crippen MR) is 82.9 cm³/mol. The first-order valence-electron chi connectivity index (χ1n) is 7.66. The molecule has 0 amide bonds. The molecule has 0 aromatic rings. The van der Waals surface area contributed by atoms with Crippen molar-refractivity contribution in [2.75, 3.05) is 13.2 Å². The minimum Gasteiger partial charge on any atom is -0.480 e. The maximum absolute atomic E-state index is 12.2. The monoisotopic (exact) mass is 344 g/mol. The molecule has 0 aliphatic heterocycles. The van der Waals surface area contributed by atoms with Crippen LogP contribution in [0.1, 0.15) is 40.5 Å². The first-order valence-corrected chi connectivity index (χ1v) is 7.66. The SMILES string of the molecule is CC=CC(C)(C(=O)O)C(=O)OC(C(=O)OCCC)C(=O)OCCC. The number of carboxylic acids is 1. The Labute approximate surface area is 140 Å². The van der Waals surface area contributed by atoms with E-state index >= 15 is 0 Å². The van der Waals surface area contributed by atoms with Crippen molar-refractivity contribution in [1.29, 1.82) is 0 Å². The van der Waals surface area contributed by atoms with E-state index in [0.29, 0.717) is 12.8 Å². The van der Waals surface area contributed by atoms with Gasteiger partial charge in [-0.3, -0.25) is 9.59 Å². The zero-order valence-electron chi connectivity index (χ0n) is 14.4. The summed E-state index contributed by atoms with van der Waals surface area (Å²) in [5, 5.41) is 9.22. The fourth-order valence-corrected chi connectivity index (χ4v) is 1.54. The summed E-state index contributed by atoms with van der Waals surface area (Å²) in [7, 11) is 0. The highest BCUT2D eigenvalue weighted by molar-refractivity contribution is 6.05. The van der Waals surface area contributed by atoms with Crippen LogP contribution in [0.25, 0.3) is 0 Å². The lowest BCUT2D eigenvalue weighted by molar-refractivity contribution is -0.186. The van der Waals surface area contributed by atoms with Crippen LogP contribution < -0.4 is 0 Å². The minimum absolute atomic E-state index is 0.0268. The second-order valence-electron chi connectivity index (χ2n) is 5.13. The lowest BCUT2D eigenvalue weighted by atomic mass is 9.90. The molecule has 1 unspecified atom stereocenters. The molecule has 0 saturated carbocycles. The third kappa shape index (κ3) is 6.02. The third-order valence-corrected chi connectivity index (χ3v) is 2.92. The molecular formula is C16H24O8. The van der Waals surface area contributed by atoms with Gasteiger partial charge in [0.1, 0.15) is 0 Å². The number of carboxylic acid groups (broad SMARTS) is 1. The van der Waals surface area contributed by atoms with E-state index < -0.39 is 35.4 Å². The average molecular weight is 344 g/mol. The summed E-state index contributed by atoms with van der Waals surface area (Å²) in [5.74, 6) is -4.94. The summed E-state index contributed by atoms with van der Waals surface area (Å²) in [6, 6.07) is 0. The van der Waals surface area contributed by atoms with Gasteiger partial charge in [0.05, 0.1) is 13.2 Å². The number of hydrogen-bond acceptors (Lipinski definition) is 7. The van der Waals surface area contributed by atoms with Gasteiger partial charge in [-0.25, -0.2) is 9.59 Å². The van der Waals surface area contributed by atoms with Crippen LogP contribution in [0.2, 0.25) is 0 Å². The second-order valence-corrected chi connectivity index (χ2v) is 5.13. The van der Waals surface area contributed by atoms with E-state index in [-0.39, 0.29) is 13.2 Å². The molecule has 8 nitrogen and oxygen atoms in total. The van der Waals surface area contributed by atoms with Gasteiger partial charge in [-0.05, 0) is 26.7 Å². The fraction of sp³-hybridized carbons (Fsp3) is 0.625. The molecule has 136 valence electrons. The van der Waals surface area contributed by atoms with Crippen molar-refractivity contribution in [3.05, 3.63) is 12.2 Å². The van der Waals surface area contributed by atoms with Crippen LogP contribution in [-0.4, -0.2) is 48.3 Å². The number of ether oxygens (including phenoxy) is 3. The van der Waals surface area contributed by atoms with Crippen LogP contribution in [0.15, 0.2) is 12.2 Å². The first kappa shape index (κ1) is 21.6. The molecule has 0 rings (SSSR count). The molecule has 24 heavy (non-hydrogen) atoms. The summed E-state index contributed by atoms with van der Waals surface area (Å²) >= 11 is 0. The largest absolute Gasteiger partial charge is 0.480 e. The van der Waals surface area contributed by atoms with Crippen molar-refractivity contribution >= 4 is 23.9 Å². The van der Waals surface area contributed by atoms with Crippen molar-refractivity contribution < 1.29 is 38.5 Å². The van der Waals surface area contributed by atoms with Gasteiger partial charge in [-0.1, -0.05) is 26.0 Å². The topological polar surface area (TPSA) is 116 Å². The second kappa shape index (κ2) is 10.4. The van der Waals surface area contributed by atoms with E-state index in [1.165, 1.54) is 13.0 Å². The number of hydrogen-bond donors (Lipinski definition) is 1. The molecule has 1 atom stereocenters. The smallest absolute Gasteiger partial charge is 0.359 e. The molecule has 0 aliphatic carbocycles. The van der Waals surface area contributed by atoms with E-state index in [4.69, 9.17) is 14.2 Å². The van der Waals surface area contributed by atoms with Gasteiger partial charge >= 0.3 is 23.9 Å². The van der Waals surface area contributed by atoms with Gasteiger partial charge in [0.25, 0.3) is 6.10 Å².